The Bertz CT molecular complexity index is 1510. The molecule has 3 aromatic carbocycles. The molecule has 3 aromatic rings. The van der Waals surface area contributed by atoms with E-state index in [0.717, 1.165) is 17.4 Å². The molecule has 0 bridgehead atoms. The smallest absolute Gasteiger partial charge is 0.243 e. The number of benzene rings is 3. The molecule has 232 valence electrons. The van der Waals surface area contributed by atoms with Crippen LogP contribution in [0.5, 0.6) is 5.75 Å². The van der Waals surface area contributed by atoms with Crippen LogP contribution in [-0.4, -0.2) is 56.6 Å². The number of anilines is 1. The van der Waals surface area contributed by atoms with Gasteiger partial charge in [-0.05, 0) is 75.1 Å². The van der Waals surface area contributed by atoms with Gasteiger partial charge in [0.15, 0.2) is 0 Å². The molecule has 2 amide bonds. The highest BCUT2D eigenvalue weighted by molar-refractivity contribution is 7.92. The van der Waals surface area contributed by atoms with E-state index in [4.69, 9.17) is 16.3 Å². The predicted molar refractivity (Wildman–Crippen MR) is 173 cm³/mol. The van der Waals surface area contributed by atoms with Gasteiger partial charge in [0, 0.05) is 36.5 Å². The van der Waals surface area contributed by atoms with Crippen LogP contribution < -0.4 is 14.4 Å². The van der Waals surface area contributed by atoms with E-state index in [-0.39, 0.29) is 37.7 Å². The largest absolute Gasteiger partial charge is 0.497 e. The van der Waals surface area contributed by atoms with Crippen molar-refractivity contribution in [2.45, 2.75) is 65.1 Å². The fraction of sp³-hybridized carbons (Fsp3) is 0.394. The van der Waals surface area contributed by atoms with Crippen LogP contribution >= 0.6 is 11.6 Å². The quantitative estimate of drug-likeness (QED) is 0.260. The minimum atomic E-state index is -3.65. The first-order valence-electron chi connectivity index (χ1n) is 14.2. The third-order valence-electron chi connectivity index (χ3n) is 6.92. The molecule has 0 aliphatic heterocycles. The topological polar surface area (TPSA) is 96.0 Å². The monoisotopic (exact) mass is 627 g/mol. The molecule has 1 atom stereocenters. The summed E-state index contributed by atoms with van der Waals surface area (Å²) >= 11 is 6.28. The molecule has 0 radical (unpaired) electrons. The Morgan fingerprint density at radius 2 is 1.63 bits per heavy atom. The van der Waals surface area contributed by atoms with Crippen LogP contribution in [0.3, 0.4) is 0 Å². The molecule has 43 heavy (non-hydrogen) atoms. The molecule has 0 spiro atoms. The number of methoxy groups -OCH3 is 1. The Morgan fingerprint density at radius 1 is 0.977 bits per heavy atom. The Morgan fingerprint density at radius 3 is 2.26 bits per heavy atom. The number of hydrogen-bond donors (Lipinski definition) is 1. The highest BCUT2D eigenvalue weighted by atomic mass is 35.5. The standard InChI is InChI=1S/C33H42ClN3O5S/c1-24-28(34)17-11-18-29(24)37(43(6,40)41)20-12-19-31(38)36(23-26-15-10-16-27(21-26)42-5)30(32(39)35-33(2,3)4)22-25-13-8-7-9-14-25/h7-11,13-18,21,30H,12,19-20,22-23H2,1-6H3,(H,35,39)/t30-/m0/s1. The number of ether oxygens (including phenoxy) is 1. The van der Waals surface area contributed by atoms with Crippen molar-refractivity contribution in [2.24, 2.45) is 0 Å². The average Bonchev–Trinajstić information content (AvgIpc) is 2.93. The molecule has 0 saturated carbocycles. The van der Waals surface area contributed by atoms with E-state index in [1.54, 1.807) is 37.1 Å². The van der Waals surface area contributed by atoms with Crippen LogP contribution in [0.1, 0.15) is 50.3 Å². The maximum Gasteiger partial charge on any atom is 0.243 e. The summed E-state index contributed by atoms with van der Waals surface area (Å²) in [6.07, 6.45) is 1.72. The van der Waals surface area contributed by atoms with E-state index in [1.807, 2.05) is 75.4 Å². The van der Waals surface area contributed by atoms with Gasteiger partial charge < -0.3 is 15.0 Å². The third kappa shape index (κ3) is 10.0. The molecule has 1 N–H and O–H groups in total. The van der Waals surface area contributed by atoms with Crippen LogP contribution in [0.2, 0.25) is 5.02 Å². The minimum Gasteiger partial charge on any atom is -0.497 e. The molecule has 0 aromatic heterocycles. The summed E-state index contributed by atoms with van der Waals surface area (Å²) in [6, 6.07) is 21.3. The van der Waals surface area contributed by atoms with Crippen molar-refractivity contribution in [1.29, 1.82) is 0 Å². The molecular formula is C33H42ClN3O5S. The van der Waals surface area contributed by atoms with Gasteiger partial charge in [0.05, 0.1) is 19.1 Å². The number of nitrogens with zero attached hydrogens (tertiary/aromatic N) is 2. The molecular weight excluding hydrogens is 586 g/mol. The van der Waals surface area contributed by atoms with E-state index in [1.165, 1.54) is 4.31 Å². The molecule has 0 aliphatic rings. The van der Waals surface area contributed by atoms with E-state index in [9.17, 15) is 18.0 Å². The lowest BCUT2D eigenvalue weighted by Gasteiger charge is -2.34. The molecule has 3 rings (SSSR count). The second-order valence-electron chi connectivity index (χ2n) is 11.6. The molecule has 0 saturated heterocycles. The van der Waals surface area contributed by atoms with Crippen molar-refractivity contribution in [2.75, 3.05) is 24.2 Å². The van der Waals surface area contributed by atoms with E-state index in [0.29, 0.717) is 28.4 Å². The molecule has 0 fully saturated rings. The van der Waals surface area contributed by atoms with Crippen molar-refractivity contribution in [3.05, 3.63) is 94.5 Å². The van der Waals surface area contributed by atoms with Crippen molar-refractivity contribution in [1.82, 2.24) is 10.2 Å². The van der Waals surface area contributed by atoms with Crippen LogP contribution in [-0.2, 0) is 32.6 Å². The lowest BCUT2D eigenvalue weighted by molar-refractivity contribution is -0.142. The third-order valence-corrected chi connectivity index (χ3v) is 8.51. The fourth-order valence-electron chi connectivity index (χ4n) is 4.82. The first-order chi connectivity index (χ1) is 20.2. The number of nitrogens with one attached hydrogen (secondary N) is 1. The number of amides is 2. The zero-order chi connectivity index (χ0) is 31.8. The number of carbonyl (C=O) groups excluding carboxylic acids is 2. The SMILES string of the molecule is COc1cccc(CN(C(=O)CCCN(c2cccc(Cl)c2C)S(C)(=O)=O)[C@@H](Cc2ccccc2)C(=O)NC(C)(C)C)c1. The zero-order valence-electron chi connectivity index (χ0n) is 25.8. The molecule has 8 nitrogen and oxygen atoms in total. The van der Waals surface area contributed by atoms with Crippen LogP contribution in [0.15, 0.2) is 72.8 Å². The molecule has 10 heteroatoms. The van der Waals surface area contributed by atoms with Gasteiger partial charge in [0.2, 0.25) is 21.8 Å². The van der Waals surface area contributed by atoms with E-state index < -0.39 is 21.6 Å². The second-order valence-corrected chi connectivity index (χ2v) is 14.0. The molecule has 0 heterocycles. The first kappa shape index (κ1) is 33.9. The Kier molecular flexibility index (Phi) is 11.6. The summed E-state index contributed by atoms with van der Waals surface area (Å²) in [6.45, 7) is 7.71. The van der Waals surface area contributed by atoms with Crippen LogP contribution in [0.4, 0.5) is 5.69 Å². The number of rotatable bonds is 13. The molecule has 0 unspecified atom stereocenters. The normalized spacial score (nSPS) is 12.3. The van der Waals surface area contributed by atoms with Gasteiger partial charge in [-0.15, -0.1) is 0 Å². The number of halogens is 1. The number of hydrogen-bond acceptors (Lipinski definition) is 5. The lowest BCUT2D eigenvalue weighted by Crippen LogP contribution is -2.54. The maximum absolute atomic E-state index is 14.0. The summed E-state index contributed by atoms with van der Waals surface area (Å²) in [5.41, 5.74) is 2.33. The number of carbonyl (C=O) groups is 2. The highest BCUT2D eigenvalue weighted by Crippen LogP contribution is 2.29. The predicted octanol–water partition coefficient (Wildman–Crippen LogP) is 5.76. The Hall–Kier alpha value is -3.56. The Balaban J connectivity index is 1.94. The fourth-order valence-corrected chi connectivity index (χ4v) is 6.01. The van der Waals surface area contributed by atoms with E-state index in [2.05, 4.69) is 5.32 Å². The first-order valence-corrected chi connectivity index (χ1v) is 16.4. The van der Waals surface area contributed by atoms with Crippen LogP contribution in [0.25, 0.3) is 0 Å². The van der Waals surface area contributed by atoms with Crippen molar-refractivity contribution < 1.29 is 22.7 Å². The van der Waals surface area contributed by atoms with Gasteiger partial charge in [0.1, 0.15) is 11.8 Å². The summed E-state index contributed by atoms with van der Waals surface area (Å²) in [7, 11) is -2.08. The van der Waals surface area contributed by atoms with Gasteiger partial charge in [-0.25, -0.2) is 8.42 Å². The van der Waals surface area contributed by atoms with Crippen molar-refractivity contribution >= 4 is 39.1 Å². The van der Waals surface area contributed by atoms with Gasteiger partial charge in [-0.1, -0.05) is 60.1 Å². The second kappa shape index (κ2) is 14.8. The zero-order valence-corrected chi connectivity index (χ0v) is 27.3. The molecule has 0 aliphatic carbocycles. The summed E-state index contributed by atoms with van der Waals surface area (Å²) in [5, 5.41) is 3.51. The number of sulfonamides is 1. The summed E-state index contributed by atoms with van der Waals surface area (Å²) in [5.74, 6) is 0.119. The van der Waals surface area contributed by atoms with Gasteiger partial charge in [0.25, 0.3) is 0 Å². The average molecular weight is 628 g/mol. The lowest BCUT2D eigenvalue weighted by atomic mass is 10.00. The van der Waals surface area contributed by atoms with Gasteiger partial charge in [-0.2, -0.15) is 0 Å². The summed E-state index contributed by atoms with van der Waals surface area (Å²) in [4.78, 5) is 29.4. The Labute approximate surface area is 261 Å². The summed E-state index contributed by atoms with van der Waals surface area (Å²) < 4.78 is 32.2. The van der Waals surface area contributed by atoms with Crippen molar-refractivity contribution in [3.8, 4) is 5.75 Å². The van der Waals surface area contributed by atoms with E-state index >= 15 is 0 Å². The van der Waals surface area contributed by atoms with Crippen molar-refractivity contribution in [3.63, 3.8) is 0 Å². The van der Waals surface area contributed by atoms with Gasteiger partial charge in [-0.3, -0.25) is 13.9 Å². The minimum absolute atomic E-state index is 0.0314. The van der Waals surface area contributed by atoms with Gasteiger partial charge >= 0.3 is 0 Å². The maximum atomic E-state index is 14.0. The van der Waals surface area contributed by atoms with Crippen LogP contribution in [0, 0.1) is 6.92 Å². The highest BCUT2D eigenvalue weighted by Gasteiger charge is 2.32.